The van der Waals surface area contributed by atoms with Crippen molar-refractivity contribution in [3.05, 3.63) is 48.0 Å². The summed E-state index contributed by atoms with van der Waals surface area (Å²) in [4.78, 5) is 26.3. The molecule has 1 aliphatic rings. The van der Waals surface area contributed by atoms with Crippen molar-refractivity contribution in [2.24, 2.45) is 13.0 Å². The first-order valence-corrected chi connectivity index (χ1v) is 11.3. The Morgan fingerprint density at radius 1 is 1.27 bits per heavy atom. The third-order valence-electron chi connectivity index (χ3n) is 6.03. The van der Waals surface area contributed by atoms with Gasteiger partial charge in [-0.2, -0.15) is 23.3 Å². The van der Waals surface area contributed by atoms with Gasteiger partial charge in [-0.15, -0.1) is 0 Å². The Hall–Kier alpha value is -3.84. The molecule has 0 radical (unpaired) electrons. The van der Waals surface area contributed by atoms with Crippen LogP contribution in [0.4, 0.5) is 27.9 Å². The number of pyridine rings is 1. The highest BCUT2D eigenvalue weighted by atomic mass is 19.4. The lowest BCUT2D eigenvalue weighted by Gasteiger charge is -2.43. The molecule has 0 aromatic carbocycles. The Balaban J connectivity index is 1.62. The maximum absolute atomic E-state index is 14.6. The first kappa shape index (κ1) is 26.2. The summed E-state index contributed by atoms with van der Waals surface area (Å²) in [6, 6.07) is 4.35. The summed E-state index contributed by atoms with van der Waals surface area (Å²) in [6.07, 6.45) is -1.50. The molecule has 0 spiro atoms. The molecule has 1 aliphatic heterocycles. The number of carbonyl (C=O) groups is 1. The number of hydrogen-bond acceptors (Lipinski definition) is 7. The smallest absolute Gasteiger partial charge is 0.423 e. The predicted molar refractivity (Wildman–Crippen MR) is 122 cm³/mol. The number of methoxy groups -OCH3 is 1. The van der Waals surface area contributed by atoms with Crippen LogP contribution < -0.4 is 10.1 Å². The highest BCUT2D eigenvalue weighted by Crippen LogP contribution is 2.37. The largest absolute Gasteiger partial charge is 0.480 e. The predicted octanol–water partition coefficient (Wildman–Crippen LogP) is 3.90. The van der Waals surface area contributed by atoms with E-state index in [-0.39, 0.29) is 18.2 Å². The number of piperidine rings is 1. The van der Waals surface area contributed by atoms with Crippen LogP contribution in [0.3, 0.4) is 0 Å². The Morgan fingerprint density at radius 3 is 2.68 bits per heavy atom. The van der Waals surface area contributed by atoms with Crippen molar-refractivity contribution in [1.82, 2.24) is 29.6 Å². The van der Waals surface area contributed by atoms with E-state index in [2.05, 4.69) is 25.4 Å². The fourth-order valence-electron chi connectivity index (χ4n) is 4.37. The van der Waals surface area contributed by atoms with E-state index in [4.69, 9.17) is 4.74 Å². The molecule has 2 atom stereocenters. The molecule has 4 rings (SSSR count). The van der Waals surface area contributed by atoms with Gasteiger partial charge in [0.25, 0.3) is 11.8 Å². The Bertz CT molecular complexity index is 1270. The number of likely N-dealkylation sites (tertiary alicyclic amines) is 1. The number of nitrogens with one attached hydrogen (secondary N) is 1. The molecule has 9 nitrogen and oxygen atoms in total. The minimum absolute atomic E-state index is 0.0384. The van der Waals surface area contributed by atoms with Gasteiger partial charge in [-0.25, -0.2) is 13.8 Å². The zero-order chi connectivity index (χ0) is 27.0. The number of ether oxygens (including phenoxy) is 1. The van der Waals surface area contributed by atoms with Crippen LogP contribution in [0.15, 0.2) is 36.8 Å². The van der Waals surface area contributed by atoms with Gasteiger partial charge in [-0.1, -0.05) is 13.0 Å². The number of aromatic nitrogens is 5. The third-order valence-corrected chi connectivity index (χ3v) is 6.03. The molecule has 37 heavy (non-hydrogen) atoms. The van der Waals surface area contributed by atoms with Gasteiger partial charge >= 0.3 is 6.18 Å². The molecule has 3 aromatic heterocycles. The second kappa shape index (κ2) is 9.90. The molecule has 1 saturated heterocycles. The number of carbonyl (C=O) groups excluding carboxylic acids is 1. The summed E-state index contributed by atoms with van der Waals surface area (Å²) in [5.74, 6) is -5.41. The zero-order valence-corrected chi connectivity index (χ0v) is 20.1. The van der Waals surface area contributed by atoms with Crippen LogP contribution in [-0.4, -0.2) is 67.7 Å². The van der Waals surface area contributed by atoms with E-state index in [0.29, 0.717) is 17.5 Å². The molecule has 4 heterocycles. The molecular formula is C23H24F5N7O2. The first-order valence-electron chi connectivity index (χ1n) is 11.3. The van der Waals surface area contributed by atoms with Gasteiger partial charge in [0.05, 0.1) is 31.0 Å². The van der Waals surface area contributed by atoms with E-state index in [1.807, 2.05) is 0 Å². The van der Waals surface area contributed by atoms with Crippen LogP contribution in [0.2, 0.25) is 0 Å². The molecule has 1 N–H and O–H groups in total. The van der Waals surface area contributed by atoms with E-state index in [1.54, 1.807) is 44.6 Å². The van der Waals surface area contributed by atoms with E-state index < -0.39 is 54.4 Å². The van der Waals surface area contributed by atoms with Crippen molar-refractivity contribution in [3.63, 3.8) is 0 Å². The minimum Gasteiger partial charge on any atom is -0.480 e. The van der Waals surface area contributed by atoms with Crippen molar-refractivity contribution in [2.75, 3.05) is 25.5 Å². The third kappa shape index (κ3) is 5.62. The molecule has 0 aliphatic carbocycles. The number of alkyl halides is 5. The SMILES string of the molecule is COc1nc(NC[C@@H]2C(C)CC(F)(F)CN2C(=O)c2nn(C)cc2-c2ccccn2)ncc1C(F)(F)F. The number of hydrogen-bond donors (Lipinski definition) is 1. The Kier molecular flexibility index (Phi) is 7.02. The van der Waals surface area contributed by atoms with Gasteiger partial charge in [0, 0.05) is 38.6 Å². The van der Waals surface area contributed by atoms with Crippen LogP contribution in [-0.2, 0) is 13.2 Å². The maximum atomic E-state index is 14.6. The minimum atomic E-state index is -4.72. The number of aryl methyl sites for hydroxylation is 1. The number of halogens is 5. The van der Waals surface area contributed by atoms with Crippen molar-refractivity contribution in [2.45, 2.75) is 31.5 Å². The fourth-order valence-corrected chi connectivity index (χ4v) is 4.37. The van der Waals surface area contributed by atoms with Gasteiger partial charge in [0.1, 0.15) is 5.56 Å². The molecule has 0 saturated carbocycles. The van der Waals surface area contributed by atoms with Crippen molar-refractivity contribution >= 4 is 11.9 Å². The quantitative estimate of drug-likeness (QED) is 0.488. The van der Waals surface area contributed by atoms with E-state index >= 15 is 0 Å². The lowest BCUT2D eigenvalue weighted by Crippen LogP contribution is -2.57. The van der Waals surface area contributed by atoms with Crippen LogP contribution in [0.25, 0.3) is 11.3 Å². The number of nitrogens with zero attached hydrogens (tertiary/aromatic N) is 6. The molecule has 198 valence electrons. The highest BCUT2D eigenvalue weighted by molar-refractivity contribution is 5.98. The summed E-state index contributed by atoms with van der Waals surface area (Å²) < 4.78 is 74.7. The lowest BCUT2D eigenvalue weighted by atomic mass is 9.88. The fraction of sp³-hybridized carbons (Fsp3) is 0.435. The second-order valence-electron chi connectivity index (χ2n) is 8.81. The van der Waals surface area contributed by atoms with Gasteiger partial charge in [0.15, 0.2) is 5.69 Å². The monoisotopic (exact) mass is 525 g/mol. The average Bonchev–Trinajstić information content (AvgIpc) is 3.23. The number of rotatable bonds is 6. The van der Waals surface area contributed by atoms with Crippen molar-refractivity contribution < 1.29 is 31.5 Å². The van der Waals surface area contributed by atoms with Gasteiger partial charge in [-0.05, 0) is 18.1 Å². The van der Waals surface area contributed by atoms with Gasteiger partial charge < -0.3 is 15.0 Å². The second-order valence-corrected chi connectivity index (χ2v) is 8.81. The standard InChI is InChI=1S/C23H24F5N7O2/c1-13-8-22(24,25)12-35(20(36)18-14(11-34(2)33-18)16-6-4-5-7-29-16)17(13)10-31-21-30-9-15(23(26,27)28)19(32-21)37-3/h4-7,9,11,13,17H,8,10,12H2,1-3H3,(H,30,31,32)/t13?,17-/m1/s1. The van der Waals surface area contributed by atoms with Crippen molar-refractivity contribution in [1.29, 1.82) is 0 Å². The normalized spacial score (nSPS) is 19.5. The Morgan fingerprint density at radius 2 is 2.03 bits per heavy atom. The maximum Gasteiger partial charge on any atom is 0.423 e. The van der Waals surface area contributed by atoms with E-state index in [0.717, 1.165) is 12.0 Å². The Labute approximate surface area is 208 Å². The molecule has 1 unspecified atom stereocenters. The molecule has 3 aromatic rings. The highest BCUT2D eigenvalue weighted by Gasteiger charge is 2.47. The molecule has 1 amide bonds. The van der Waals surface area contributed by atoms with E-state index in [9.17, 15) is 26.7 Å². The van der Waals surface area contributed by atoms with Crippen molar-refractivity contribution in [3.8, 4) is 17.1 Å². The van der Waals surface area contributed by atoms with Gasteiger partial charge in [-0.3, -0.25) is 14.5 Å². The number of anilines is 1. The first-order chi connectivity index (χ1) is 17.4. The van der Waals surface area contributed by atoms with Gasteiger partial charge in [0.2, 0.25) is 11.8 Å². The van der Waals surface area contributed by atoms with Crippen LogP contribution in [0, 0.1) is 5.92 Å². The summed E-state index contributed by atoms with van der Waals surface area (Å²) in [7, 11) is 2.64. The zero-order valence-electron chi connectivity index (χ0n) is 20.1. The summed E-state index contributed by atoms with van der Waals surface area (Å²) in [5, 5.41) is 6.98. The molecule has 1 fully saturated rings. The van der Waals surface area contributed by atoms with Crippen LogP contribution in [0.5, 0.6) is 5.88 Å². The van der Waals surface area contributed by atoms with E-state index in [1.165, 1.54) is 4.68 Å². The topological polar surface area (TPSA) is 98.1 Å². The number of amides is 1. The summed E-state index contributed by atoms with van der Waals surface area (Å²) in [6.45, 7) is 0.632. The van der Waals surface area contributed by atoms with Crippen LogP contribution in [0.1, 0.15) is 29.4 Å². The summed E-state index contributed by atoms with van der Waals surface area (Å²) >= 11 is 0. The molecular weight excluding hydrogens is 501 g/mol. The lowest BCUT2D eigenvalue weighted by molar-refractivity contribution is -0.139. The molecule has 0 bridgehead atoms. The summed E-state index contributed by atoms with van der Waals surface area (Å²) in [5.41, 5.74) is -0.350. The van der Waals surface area contributed by atoms with Crippen LogP contribution >= 0.6 is 0 Å². The molecule has 14 heteroatoms. The average molecular weight is 525 g/mol.